The van der Waals surface area contributed by atoms with Gasteiger partial charge < -0.3 is 0 Å². The minimum atomic E-state index is 0.0816. The molecular weight excluding hydrogens is 757 g/mol. The molecule has 10 aromatic rings. The van der Waals surface area contributed by atoms with Gasteiger partial charge in [0.25, 0.3) is 0 Å². The smallest absolute Gasteiger partial charge is 0.145 e. The first-order chi connectivity index (χ1) is 30.7. The number of imidazole rings is 1. The summed E-state index contributed by atoms with van der Waals surface area (Å²) in [6.45, 7) is 0. The van der Waals surface area contributed by atoms with E-state index in [1.165, 1.54) is 0 Å². The first kappa shape index (κ1) is 42.0. The molecule has 0 N–H and O–H groups in total. The monoisotopic (exact) mass is 778 g/mol. The summed E-state index contributed by atoms with van der Waals surface area (Å²) in [4.78, 5) is 5.13. The van der Waals surface area contributed by atoms with Crippen molar-refractivity contribution < 1.29 is 0 Å². The number of fused-ring (bicyclic) bond motifs is 4. The zero-order valence-electron chi connectivity index (χ0n) is 34.4. The van der Waals surface area contributed by atoms with E-state index < -0.39 is 0 Å². The van der Waals surface area contributed by atoms with E-state index in [1.54, 1.807) is 0 Å². The SMILES string of the molecule is [B]c1c([B])c([B])c(-c2cccc(-c3c4c([B])c([B])c([B])c([B])c4c(-c4ccc(-c5nc6ccccc6n5-c5ccc6ccccc6c5)cc4)c4c([B])c([B])c([B])c([B])c34)c2)c([B])c1[B]. The van der Waals surface area contributed by atoms with Gasteiger partial charge in [-0.05, 0) is 96.0 Å². The molecule has 64 heavy (non-hydrogen) atoms. The standard InChI is InChI=1S/C49H19B13N2/c50-36-31(37(51)43(57)48(62)42(36)56)25-9-5-8-24(18-25)30-34-32(38(52)44(58)46(60)40(34)54)29(33-35(30)41(55)47(61)45(59)39(33)53)21-12-14-22(15-13-21)49-63-27-10-3-4-11-28(27)64(49)26-17-16-20-6-1-2-7-23(20)19-26/h1-19H. The van der Waals surface area contributed by atoms with E-state index in [2.05, 4.69) is 41.0 Å². The number of rotatable bonds is 5. The molecule has 9 aromatic carbocycles. The van der Waals surface area contributed by atoms with Crippen LogP contribution in [0, 0.1) is 0 Å². The van der Waals surface area contributed by atoms with Crippen LogP contribution in [0.5, 0.6) is 0 Å². The van der Waals surface area contributed by atoms with Crippen LogP contribution in [0.1, 0.15) is 0 Å². The minimum absolute atomic E-state index is 0.0816. The van der Waals surface area contributed by atoms with E-state index in [0.29, 0.717) is 54.9 Å². The summed E-state index contributed by atoms with van der Waals surface area (Å²) < 4.78 is 2.16. The summed E-state index contributed by atoms with van der Waals surface area (Å²) >= 11 is 0. The van der Waals surface area contributed by atoms with E-state index in [1.807, 2.05) is 78.9 Å². The maximum absolute atomic E-state index is 7.04. The van der Waals surface area contributed by atoms with E-state index in [9.17, 15) is 0 Å². The Morgan fingerprint density at radius 1 is 0.312 bits per heavy atom. The van der Waals surface area contributed by atoms with Gasteiger partial charge in [-0.2, -0.15) is 0 Å². The zero-order chi connectivity index (χ0) is 45.0. The van der Waals surface area contributed by atoms with Gasteiger partial charge in [0.1, 0.15) is 108 Å². The second kappa shape index (κ2) is 15.7. The molecule has 0 aliphatic carbocycles. The Morgan fingerprint density at radius 3 is 1.31 bits per heavy atom. The summed E-state index contributed by atoms with van der Waals surface area (Å²) in [6.07, 6.45) is 0. The average molecular weight is 776 g/mol. The summed E-state index contributed by atoms with van der Waals surface area (Å²) in [6, 6.07) is 37.8. The zero-order valence-corrected chi connectivity index (χ0v) is 34.4. The van der Waals surface area contributed by atoms with E-state index >= 15 is 0 Å². The average Bonchev–Trinajstić information content (AvgIpc) is 3.71. The van der Waals surface area contributed by atoms with Crippen LogP contribution >= 0.6 is 0 Å². The van der Waals surface area contributed by atoms with Gasteiger partial charge in [0.2, 0.25) is 0 Å². The Kier molecular flexibility index (Phi) is 10.3. The number of hydrogen-bond acceptors (Lipinski definition) is 1. The van der Waals surface area contributed by atoms with Crippen molar-refractivity contribution in [2.75, 3.05) is 0 Å². The van der Waals surface area contributed by atoms with Gasteiger partial charge in [-0.1, -0.05) is 118 Å². The van der Waals surface area contributed by atoms with Crippen LogP contribution in [0.15, 0.2) is 115 Å². The summed E-state index contributed by atoms with van der Waals surface area (Å²) in [5.74, 6) is 0.736. The number of hydrogen-bond donors (Lipinski definition) is 0. The molecule has 26 radical (unpaired) electrons. The Morgan fingerprint density at radius 2 is 0.750 bits per heavy atom. The van der Waals surface area contributed by atoms with Crippen LogP contribution in [0.25, 0.3) is 93.8 Å². The van der Waals surface area contributed by atoms with Gasteiger partial charge in [-0.25, -0.2) is 4.98 Å². The molecular formula is C49H19B13N2. The molecule has 0 aliphatic heterocycles. The molecule has 0 aliphatic rings. The number of aromatic nitrogens is 2. The van der Waals surface area contributed by atoms with Crippen molar-refractivity contribution in [2.24, 2.45) is 0 Å². The van der Waals surface area contributed by atoms with Crippen LogP contribution in [0.3, 0.4) is 0 Å². The third-order valence-electron chi connectivity index (χ3n) is 12.4. The first-order valence-corrected chi connectivity index (χ1v) is 20.2. The third kappa shape index (κ3) is 6.24. The number of para-hydroxylation sites is 2. The molecule has 0 saturated carbocycles. The van der Waals surface area contributed by atoms with Crippen molar-refractivity contribution in [3.63, 3.8) is 0 Å². The lowest BCUT2D eigenvalue weighted by molar-refractivity contribution is 1.11. The van der Waals surface area contributed by atoms with Gasteiger partial charge in [-0.15, -0.1) is 38.2 Å². The van der Waals surface area contributed by atoms with Gasteiger partial charge in [0.15, 0.2) is 0 Å². The lowest BCUT2D eigenvalue weighted by Gasteiger charge is -2.29. The molecule has 0 unspecified atom stereocenters. The Balaban J connectivity index is 1.27. The van der Waals surface area contributed by atoms with Crippen molar-refractivity contribution >= 4 is 216 Å². The van der Waals surface area contributed by atoms with Gasteiger partial charge in [0, 0.05) is 11.3 Å². The first-order valence-electron chi connectivity index (χ1n) is 20.2. The fourth-order valence-corrected chi connectivity index (χ4v) is 9.10. The highest BCUT2D eigenvalue weighted by molar-refractivity contribution is 6.72. The van der Waals surface area contributed by atoms with Crippen molar-refractivity contribution in [1.82, 2.24) is 9.55 Å². The molecule has 0 amide bonds. The van der Waals surface area contributed by atoms with Crippen molar-refractivity contribution in [1.29, 1.82) is 0 Å². The predicted octanol–water partition coefficient (Wildman–Crippen LogP) is -2.53. The minimum Gasteiger partial charge on any atom is -0.292 e. The lowest BCUT2D eigenvalue weighted by atomic mass is 9.59. The summed E-state index contributed by atoms with van der Waals surface area (Å²) in [7, 11) is 86.6. The highest BCUT2D eigenvalue weighted by Crippen LogP contribution is 2.42. The molecule has 0 atom stereocenters. The molecule has 264 valence electrons. The van der Waals surface area contributed by atoms with E-state index in [-0.39, 0.29) is 71.0 Å². The highest BCUT2D eigenvalue weighted by atomic mass is 15.1. The van der Waals surface area contributed by atoms with Gasteiger partial charge >= 0.3 is 0 Å². The largest absolute Gasteiger partial charge is 0.292 e. The normalized spacial score (nSPS) is 11.6. The maximum Gasteiger partial charge on any atom is 0.145 e. The molecule has 2 nitrogen and oxygen atoms in total. The molecule has 10 rings (SSSR count). The quantitative estimate of drug-likeness (QED) is 0.140. The molecule has 0 bridgehead atoms. The predicted molar refractivity (Wildman–Crippen MR) is 285 cm³/mol. The molecule has 0 fully saturated rings. The molecule has 0 saturated heterocycles. The summed E-state index contributed by atoms with van der Waals surface area (Å²) in [5, 5.41) is 4.05. The van der Waals surface area contributed by atoms with E-state index in [4.69, 9.17) is 107 Å². The topological polar surface area (TPSA) is 17.8 Å². The lowest BCUT2D eigenvalue weighted by Crippen LogP contribution is -2.55. The molecule has 1 aromatic heterocycles. The Labute approximate surface area is 389 Å². The van der Waals surface area contributed by atoms with E-state index in [0.717, 1.165) is 38.9 Å². The van der Waals surface area contributed by atoms with Crippen LogP contribution in [0.2, 0.25) is 0 Å². The van der Waals surface area contributed by atoms with Crippen LogP contribution in [-0.2, 0) is 0 Å². The second-order valence-corrected chi connectivity index (χ2v) is 16.0. The number of benzene rings is 9. The van der Waals surface area contributed by atoms with Gasteiger partial charge in [-0.3, -0.25) is 4.57 Å². The third-order valence-corrected chi connectivity index (χ3v) is 12.4. The Hall–Kier alpha value is -5.93. The highest BCUT2D eigenvalue weighted by Gasteiger charge is 2.26. The Bertz CT molecular complexity index is 3550. The van der Waals surface area contributed by atoms with Crippen molar-refractivity contribution in [2.45, 2.75) is 0 Å². The van der Waals surface area contributed by atoms with Gasteiger partial charge in [0.05, 0.1) is 11.0 Å². The fraction of sp³-hybridized carbons (Fsp3) is 0. The number of nitrogens with zero attached hydrogens (tertiary/aromatic N) is 2. The van der Waals surface area contributed by atoms with Crippen molar-refractivity contribution in [3.8, 4) is 50.5 Å². The fourth-order valence-electron chi connectivity index (χ4n) is 9.10. The maximum atomic E-state index is 7.04. The van der Waals surface area contributed by atoms with Crippen LogP contribution < -0.4 is 71.0 Å². The molecule has 1 heterocycles. The second-order valence-electron chi connectivity index (χ2n) is 16.0. The van der Waals surface area contributed by atoms with Crippen LogP contribution in [-0.4, -0.2) is 112 Å². The summed E-state index contributed by atoms with van der Waals surface area (Å²) in [5.41, 5.74) is 8.45. The van der Waals surface area contributed by atoms with Crippen LogP contribution in [0.4, 0.5) is 0 Å². The van der Waals surface area contributed by atoms with Crippen molar-refractivity contribution in [3.05, 3.63) is 115 Å². The molecule has 0 spiro atoms. The molecule has 15 heteroatoms.